The van der Waals surface area contributed by atoms with Crippen LogP contribution in [0.15, 0.2) is 67.1 Å². The number of aryl methyl sites for hydroxylation is 1. The maximum Gasteiger partial charge on any atom is 0.307 e. The van der Waals surface area contributed by atoms with E-state index in [1.54, 1.807) is 18.6 Å². The van der Waals surface area contributed by atoms with Gasteiger partial charge < -0.3 is 10.4 Å². The third-order valence-corrected chi connectivity index (χ3v) is 4.87. The van der Waals surface area contributed by atoms with Crippen LogP contribution in [0.1, 0.15) is 46.8 Å². The van der Waals surface area contributed by atoms with Gasteiger partial charge >= 0.3 is 5.97 Å². The van der Waals surface area contributed by atoms with Crippen LogP contribution in [0, 0.1) is 6.92 Å². The lowest BCUT2D eigenvalue weighted by atomic mass is 9.93. The lowest BCUT2D eigenvalue weighted by Crippen LogP contribution is -2.27. The van der Waals surface area contributed by atoms with E-state index in [-0.39, 0.29) is 18.4 Å². The Morgan fingerprint density at radius 3 is 2.61 bits per heavy atom. The molecule has 2 atom stereocenters. The van der Waals surface area contributed by atoms with Crippen LogP contribution in [0.2, 0.25) is 0 Å². The molecule has 0 aliphatic heterocycles. The lowest BCUT2D eigenvalue weighted by Gasteiger charge is -2.22. The van der Waals surface area contributed by atoms with Crippen molar-refractivity contribution >= 4 is 5.97 Å². The highest BCUT2D eigenvalue weighted by atomic mass is 16.4. The maximum atomic E-state index is 11.0. The predicted octanol–water partition coefficient (Wildman–Crippen LogP) is 3.89. The Morgan fingerprint density at radius 2 is 1.93 bits per heavy atom. The van der Waals surface area contributed by atoms with Crippen molar-refractivity contribution in [2.75, 3.05) is 6.54 Å². The van der Waals surface area contributed by atoms with Gasteiger partial charge in [0, 0.05) is 18.9 Å². The number of nitrogens with zero attached hydrogens (tertiary/aromatic N) is 2. The highest BCUT2D eigenvalue weighted by Gasteiger charge is 2.18. The van der Waals surface area contributed by atoms with Gasteiger partial charge in [-0.25, -0.2) is 0 Å². The Balaban J connectivity index is 1.79. The highest BCUT2D eigenvalue weighted by Crippen LogP contribution is 2.24. The Labute approximate surface area is 165 Å². The van der Waals surface area contributed by atoms with Gasteiger partial charge in [0.05, 0.1) is 24.4 Å². The van der Waals surface area contributed by atoms with Crippen LogP contribution in [0.4, 0.5) is 0 Å². The van der Waals surface area contributed by atoms with Crippen molar-refractivity contribution in [2.45, 2.75) is 32.2 Å². The number of carboxylic acids is 1. The molecule has 0 aliphatic carbocycles. The number of carboxylic acid groups (broad SMARTS) is 1. The summed E-state index contributed by atoms with van der Waals surface area (Å²) in [5.41, 5.74) is 5.16. The quantitative estimate of drug-likeness (QED) is 0.625. The Morgan fingerprint density at radius 1 is 1.14 bits per heavy atom. The fourth-order valence-corrected chi connectivity index (χ4v) is 3.41. The maximum absolute atomic E-state index is 11.0. The molecule has 2 unspecified atom stereocenters. The first-order valence-corrected chi connectivity index (χ1v) is 9.40. The Bertz CT molecular complexity index is 874. The van der Waals surface area contributed by atoms with E-state index in [0.717, 1.165) is 28.9 Å². The fraction of sp³-hybridized carbons (Fsp3) is 0.261. The highest BCUT2D eigenvalue weighted by molar-refractivity contribution is 5.70. The third-order valence-electron chi connectivity index (χ3n) is 4.87. The zero-order valence-corrected chi connectivity index (χ0v) is 16.2. The molecule has 0 spiro atoms. The van der Waals surface area contributed by atoms with Gasteiger partial charge in [0.1, 0.15) is 0 Å². The summed E-state index contributed by atoms with van der Waals surface area (Å²) in [5, 5.41) is 12.7. The molecule has 1 heterocycles. The molecule has 0 bridgehead atoms. The standard InChI is InChI=1S/C23H25N3O2/c1-16-8-9-18(13-22(27)28)12-20(16)17(2)14-26-23(19-6-4-3-5-7-19)21-15-24-10-11-25-21/h3-12,15,17,23,26H,13-14H2,1-2H3,(H,27,28). The van der Waals surface area contributed by atoms with E-state index < -0.39 is 5.97 Å². The van der Waals surface area contributed by atoms with E-state index in [1.807, 2.05) is 36.4 Å². The molecule has 1 aromatic heterocycles. The summed E-state index contributed by atoms with van der Waals surface area (Å²) in [6.07, 6.45) is 5.20. The average Bonchev–Trinajstić information content (AvgIpc) is 2.71. The molecule has 5 heteroatoms. The minimum Gasteiger partial charge on any atom is -0.481 e. The minimum atomic E-state index is -0.813. The SMILES string of the molecule is Cc1ccc(CC(=O)O)cc1C(C)CNC(c1ccccc1)c1cnccn1. The zero-order chi connectivity index (χ0) is 19.9. The lowest BCUT2D eigenvalue weighted by molar-refractivity contribution is -0.136. The second kappa shape index (κ2) is 9.24. The largest absolute Gasteiger partial charge is 0.481 e. The summed E-state index contributed by atoms with van der Waals surface area (Å²) in [7, 11) is 0. The van der Waals surface area contributed by atoms with E-state index in [4.69, 9.17) is 5.11 Å². The molecule has 5 nitrogen and oxygen atoms in total. The number of hydrogen-bond acceptors (Lipinski definition) is 4. The molecule has 28 heavy (non-hydrogen) atoms. The fourth-order valence-electron chi connectivity index (χ4n) is 3.41. The topological polar surface area (TPSA) is 75.1 Å². The number of carbonyl (C=O) groups is 1. The Hall–Kier alpha value is -3.05. The van der Waals surface area contributed by atoms with Gasteiger partial charge in [0.15, 0.2) is 0 Å². The summed E-state index contributed by atoms with van der Waals surface area (Å²) < 4.78 is 0. The van der Waals surface area contributed by atoms with Crippen molar-refractivity contribution in [1.82, 2.24) is 15.3 Å². The molecular weight excluding hydrogens is 350 g/mol. The van der Waals surface area contributed by atoms with E-state index >= 15 is 0 Å². The monoisotopic (exact) mass is 375 g/mol. The number of aromatic nitrogens is 2. The van der Waals surface area contributed by atoms with E-state index in [0.29, 0.717) is 0 Å². The number of benzene rings is 2. The number of aliphatic carboxylic acids is 1. The van der Waals surface area contributed by atoms with Crippen LogP contribution in [0.3, 0.4) is 0 Å². The smallest absolute Gasteiger partial charge is 0.307 e. The van der Waals surface area contributed by atoms with Gasteiger partial charge in [-0.15, -0.1) is 0 Å². The molecule has 0 radical (unpaired) electrons. The summed E-state index contributed by atoms with van der Waals surface area (Å²) in [6, 6.07) is 16.0. The van der Waals surface area contributed by atoms with Crippen molar-refractivity contribution in [2.24, 2.45) is 0 Å². The molecule has 2 aromatic carbocycles. The van der Waals surface area contributed by atoms with Gasteiger partial charge in [-0.1, -0.05) is 55.5 Å². The van der Waals surface area contributed by atoms with Crippen molar-refractivity contribution in [3.8, 4) is 0 Å². The first kappa shape index (κ1) is 19.7. The summed E-state index contributed by atoms with van der Waals surface area (Å²) in [6.45, 7) is 4.94. The van der Waals surface area contributed by atoms with Crippen LogP contribution in [-0.2, 0) is 11.2 Å². The summed E-state index contributed by atoms with van der Waals surface area (Å²) >= 11 is 0. The minimum absolute atomic E-state index is 0.0413. The van der Waals surface area contributed by atoms with Gasteiger partial charge in [0.2, 0.25) is 0 Å². The number of hydrogen-bond donors (Lipinski definition) is 2. The van der Waals surface area contributed by atoms with Gasteiger partial charge in [0.25, 0.3) is 0 Å². The van der Waals surface area contributed by atoms with Crippen LogP contribution in [0.25, 0.3) is 0 Å². The number of rotatable bonds is 8. The molecule has 0 fully saturated rings. The van der Waals surface area contributed by atoms with Gasteiger partial charge in [-0.05, 0) is 35.1 Å². The van der Waals surface area contributed by atoms with Crippen molar-refractivity contribution in [1.29, 1.82) is 0 Å². The molecular formula is C23H25N3O2. The van der Waals surface area contributed by atoms with Crippen molar-refractivity contribution in [3.63, 3.8) is 0 Å². The van der Waals surface area contributed by atoms with Gasteiger partial charge in [-0.3, -0.25) is 14.8 Å². The average molecular weight is 375 g/mol. The predicted molar refractivity (Wildman–Crippen MR) is 109 cm³/mol. The summed E-state index contributed by atoms with van der Waals surface area (Å²) in [5.74, 6) is -0.594. The van der Waals surface area contributed by atoms with E-state index in [2.05, 4.69) is 41.3 Å². The van der Waals surface area contributed by atoms with Crippen LogP contribution < -0.4 is 5.32 Å². The van der Waals surface area contributed by atoms with Crippen LogP contribution in [0.5, 0.6) is 0 Å². The molecule has 3 rings (SSSR count). The Kier molecular flexibility index (Phi) is 6.50. The van der Waals surface area contributed by atoms with E-state index in [9.17, 15) is 4.79 Å². The molecule has 144 valence electrons. The molecule has 0 saturated heterocycles. The normalized spacial score (nSPS) is 13.1. The molecule has 2 N–H and O–H groups in total. The summed E-state index contributed by atoms with van der Waals surface area (Å²) in [4.78, 5) is 19.7. The van der Waals surface area contributed by atoms with Crippen molar-refractivity contribution in [3.05, 3.63) is 95.1 Å². The second-order valence-electron chi connectivity index (χ2n) is 7.04. The first-order valence-electron chi connectivity index (χ1n) is 9.40. The zero-order valence-electron chi connectivity index (χ0n) is 16.2. The molecule has 0 amide bonds. The van der Waals surface area contributed by atoms with Crippen LogP contribution >= 0.6 is 0 Å². The molecule has 3 aromatic rings. The van der Waals surface area contributed by atoms with E-state index in [1.165, 1.54) is 5.56 Å². The van der Waals surface area contributed by atoms with Crippen molar-refractivity contribution < 1.29 is 9.90 Å². The molecule has 0 aliphatic rings. The second-order valence-corrected chi connectivity index (χ2v) is 7.04. The van der Waals surface area contributed by atoms with Crippen LogP contribution in [-0.4, -0.2) is 27.6 Å². The van der Waals surface area contributed by atoms with Gasteiger partial charge in [-0.2, -0.15) is 0 Å². The molecule has 0 saturated carbocycles. The first-order chi connectivity index (χ1) is 13.5. The third kappa shape index (κ3) is 5.02. The number of nitrogens with one attached hydrogen (secondary N) is 1.